The second-order valence-corrected chi connectivity index (χ2v) is 4.82. The molecule has 110 valence electrons. The molecule has 0 aliphatic rings. The third-order valence-corrected chi connectivity index (χ3v) is 2.73. The minimum atomic E-state index is 0.635. The Morgan fingerprint density at radius 1 is 1.05 bits per heavy atom. The zero-order chi connectivity index (χ0) is 15.7. The number of nitrogens with one attached hydrogen (secondary N) is 2. The van der Waals surface area contributed by atoms with Gasteiger partial charge in [0.1, 0.15) is 6.07 Å². The van der Waals surface area contributed by atoms with Crippen molar-refractivity contribution in [1.29, 1.82) is 5.26 Å². The third-order valence-electron chi connectivity index (χ3n) is 2.73. The Morgan fingerprint density at radius 2 is 1.76 bits per heavy atom. The van der Waals surface area contributed by atoms with Crippen molar-refractivity contribution in [2.45, 2.75) is 27.2 Å². The fraction of sp³-hybridized carbons (Fsp3) is 0.278. The molecule has 0 saturated heterocycles. The molecule has 2 rings (SSSR count). The number of rotatable bonds is 3. The molecule has 0 aliphatic carbocycles. The predicted octanol–water partition coefficient (Wildman–Crippen LogP) is 5.07. The van der Waals surface area contributed by atoms with Crippen LogP contribution in [0.15, 0.2) is 42.5 Å². The monoisotopic (exact) mass is 281 g/mol. The second-order valence-electron chi connectivity index (χ2n) is 4.82. The number of hydrogen-bond donors (Lipinski definition) is 2. The van der Waals surface area contributed by atoms with Gasteiger partial charge in [0.2, 0.25) is 0 Å². The van der Waals surface area contributed by atoms with Crippen LogP contribution in [0.1, 0.15) is 31.4 Å². The number of benzene rings is 2. The Kier molecular flexibility index (Phi) is 6.83. The average molecular weight is 281 g/mol. The summed E-state index contributed by atoms with van der Waals surface area (Å²) >= 11 is 0. The van der Waals surface area contributed by atoms with Crippen molar-refractivity contribution in [3.63, 3.8) is 0 Å². The summed E-state index contributed by atoms with van der Waals surface area (Å²) in [6.45, 7) is 6.29. The molecule has 0 aliphatic heterocycles. The minimum Gasteiger partial charge on any atom is -0.388 e. The van der Waals surface area contributed by atoms with E-state index >= 15 is 0 Å². The quantitative estimate of drug-likeness (QED) is 0.826. The van der Waals surface area contributed by atoms with Crippen LogP contribution in [0.5, 0.6) is 0 Å². The van der Waals surface area contributed by atoms with Crippen molar-refractivity contribution in [2.24, 2.45) is 0 Å². The summed E-state index contributed by atoms with van der Waals surface area (Å²) in [5, 5.41) is 15.4. The van der Waals surface area contributed by atoms with Crippen molar-refractivity contribution in [3.05, 3.63) is 53.6 Å². The van der Waals surface area contributed by atoms with E-state index < -0.39 is 0 Å². The molecule has 0 aromatic heterocycles. The lowest BCUT2D eigenvalue weighted by Gasteiger charge is -2.10. The van der Waals surface area contributed by atoms with Crippen molar-refractivity contribution in [1.82, 2.24) is 0 Å². The number of anilines is 3. The first-order valence-corrected chi connectivity index (χ1v) is 7.20. The molecular weight excluding hydrogens is 258 g/mol. The van der Waals surface area contributed by atoms with Crippen LogP contribution in [-0.4, -0.2) is 7.05 Å². The van der Waals surface area contributed by atoms with Crippen LogP contribution in [-0.2, 0) is 0 Å². The van der Waals surface area contributed by atoms with Gasteiger partial charge in [-0.05, 0) is 42.8 Å². The first-order valence-electron chi connectivity index (χ1n) is 7.20. The fourth-order valence-electron chi connectivity index (χ4n) is 1.78. The van der Waals surface area contributed by atoms with Gasteiger partial charge in [-0.15, -0.1) is 0 Å². The molecule has 2 N–H and O–H groups in total. The lowest BCUT2D eigenvalue weighted by Crippen LogP contribution is -1.96. The first-order chi connectivity index (χ1) is 10.1. The highest BCUT2D eigenvalue weighted by Crippen LogP contribution is 2.24. The van der Waals surface area contributed by atoms with Crippen LogP contribution in [0, 0.1) is 18.3 Å². The normalized spacial score (nSPS) is 9.10. The van der Waals surface area contributed by atoms with E-state index in [-0.39, 0.29) is 0 Å². The summed E-state index contributed by atoms with van der Waals surface area (Å²) in [6, 6.07) is 15.9. The van der Waals surface area contributed by atoms with Gasteiger partial charge in [-0.1, -0.05) is 32.4 Å². The SMILES string of the molecule is CCC.CNc1ccc(C#N)c(Nc2cccc(C)c2)c1. The molecule has 0 fully saturated rings. The number of nitrogens with zero attached hydrogens (tertiary/aromatic N) is 1. The van der Waals surface area contributed by atoms with Crippen LogP contribution in [0.25, 0.3) is 0 Å². The van der Waals surface area contributed by atoms with Crippen molar-refractivity contribution < 1.29 is 0 Å². The summed E-state index contributed by atoms with van der Waals surface area (Å²) in [5.41, 5.74) is 4.60. The van der Waals surface area contributed by atoms with Gasteiger partial charge in [0, 0.05) is 18.4 Å². The maximum absolute atomic E-state index is 9.10. The highest BCUT2D eigenvalue weighted by Gasteiger charge is 2.03. The third kappa shape index (κ3) is 5.19. The van der Waals surface area contributed by atoms with Crippen molar-refractivity contribution >= 4 is 17.1 Å². The van der Waals surface area contributed by atoms with Gasteiger partial charge in [-0.25, -0.2) is 0 Å². The minimum absolute atomic E-state index is 0.635. The molecule has 0 unspecified atom stereocenters. The summed E-state index contributed by atoms with van der Waals surface area (Å²) in [7, 11) is 1.86. The van der Waals surface area contributed by atoms with E-state index in [2.05, 4.69) is 30.6 Å². The van der Waals surface area contributed by atoms with Gasteiger partial charge in [0.15, 0.2) is 0 Å². The largest absolute Gasteiger partial charge is 0.388 e. The Bertz CT molecular complexity index is 612. The lowest BCUT2D eigenvalue weighted by molar-refractivity contribution is 1.09. The zero-order valence-electron chi connectivity index (χ0n) is 13.2. The van der Waals surface area contributed by atoms with Crippen molar-refractivity contribution in [3.8, 4) is 6.07 Å². The summed E-state index contributed by atoms with van der Waals surface area (Å²) < 4.78 is 0. The van der Waals surface area contributed by atoms with Gasteiger partial charge >= 0.3 is 0 Å². The second kappa shape index (κ2) is 8.65. The summed E-state index contributed by atoms with van der Waals surface area (Å²) in [5.74, 6) is 0. The topological polar surface area (TPSA) is 47.9 Å². The van der Waals surface area contributed by atoms with E-state index in [1.807, 2.05) is 56.4 Å². The number of aryl methyl sites for hydroxylation is 1. The molecule has 0 amide bonds. The van der Waals surface area contributed by atoms with Crippen molar-refractivity contribution in [2.75, 3.05) is 17.7 Å². The Balaban J connectivity index is 0.000000677. The van der Waals surface area contributed by atoms with Gasteiger partial charge in [-0.2, -0.15) is 5.26 Å². The van der Waals surface area contributed by atoms with Crippen LogP contribution in [0.3, 0.4) is 0 Å². The molecule has 0 heterocycles. The lowest BCUT2D eigenvalue weighted by atomic mass is 10.1. The van der Waals surface area contributed by atoms with Gasteiger partial charge in [0.25, 0.3) is 0 Å². The van der Waals surface area contributed by atoms with Gasteiger partial charge in [-0.3, -0.25) is 0 Å². The predicted molar refractivity (Wildman–Crippen MR) is 91.1 cm³/mol. The van der Waals surface area contributed by atoms with Gasteiger partial charge < -0.3 is 10.6 Å². The maximum Gasteiger partial charge on any atom is 0.101 e. The number of nitriles is 1. The van der Waals surface area contributed by atoms with Crippen LogP contribution in [0.4, 0.5) is 17.1 Å². The highest BCUT2D eigenvalue weighted by molar-refractivity contribution is 5.71. The van der Waals surface area contributed by atoms with E-state index in [9.17, 15) is 0 Å². The van der Waals surface area contributed by atoms with Crippen LogP contribution < -0.4 is 10.6 Å². The zero-order valence-corrected chi connectivity index (χ0v) is 13.2. The van der Waals surface area contributed by atoms with E-state index in [0.717, 1.165) is 17.1 Å². The maximum atomic E-state index is 9.10. The molecule has 0 radical (unpaired) electrons. The molecule has 3 nitrogen and oxygen atoms in total. The molecule has 0 bridgehead atoms. The molecular formula is C18H23N3. The number of hydrogen-bond acceptors (Lipinski definition) is 3. The molecule has 3 heteroatoms. The Labute approximate surface area is 127 Å². The fourth-order valence-corrected chi connectivity index (χ4v) is 1.78. The molecule has 0 saturated carbocycles. The molecule has 0 spiro atoms. The molecule has 21 heavy (non-hydrogen) atoms. The summed E-state index contributed by atoms with van der Waals surface area (Å²) in [4.78, 5) is 0. The molecule has 2 aromatic carbocycles. The van der Waals surface area contributed by atoms with Crippen LogP contribution >= 0.6 is 0 Å². The Hall–Kier alpha value is -2.47. The smallest absolute Gasteiger partial charge is 0.101 e. The van der Waals surface area contributed by atoms with E-state index in [1.165, 1.54) is 12.0 Å². The van der Waals surface area contributed by atoms with Gasteiger partial charge in [0.05, 0.1) is 11.3 Å². The van der Waals surface area contributed by atoms with E-state index in [0.29, 0.717) is 5.56 Å². The average Bonchev–Trinajstić information content (AvgIpc) is 2.48. The molecule has 0 atom stereocenters. The molecule has 2 aromatic rings. The summed E-state index contributed by atoms with van der Waals surface area (Å²) in [6.07, 6.45) is 1.25. The first kappa shape index (κ1) is 16.6. The van der Waals surface area contributed by atoms with E-state index in [1.54, 1.807) is 0 Å². The van der Waals surface area contributed by atoms with Crippen LogP contribution in [0.2, 0.25) is 0 Å². The Morgan fingerprint density at radius 3 is 2.33 bits per heavy atom. The highest BCUT2D eigenvalue weighted by atomic mass is 14.9. The standard InChI is InChI=1S/C15H15N3.C3H8/c1-11-4-3-5-14(8-11)18-15-9-13(17-2)7-6-12(15)10-16;1-3-2/h3-9,17-18H,1-2H3;3H2,1-2H3. The van der Waals surface area contributed by atoms with E-state index in [4.69, 9.17) is 5.26 Å².